The van der Waals surface area contributed by atoms with E-state index < -0.39 is 11.9 Å². The monoisotopic (exact) mass is 292 g/mol. The Hall–Kier alpha value is -2.11. The second-order valence-electron chi connectivity index (χ2n) is 5.67. The summed E-state index contributed by atoms with van der Waals surface area (Å²) in [6.07, 6.45) is 2.17. The predicted molar refractivity (Wildman–Crippen MR) is 73.0 cm³/mol. The largest absolute Gasteiger partial charge is 0.481 e. The number of nitrogens with zero attached hydrogens (tertiary/aromatic N) is 1. The summed E-state index contributed by atoms with van der Waals surface area (Å²) in [5.41, 5.74) is 0.811. The minimum atomic E-state index is -0.821. The van der Waals surface area contributed by atoms with E-state index in [2.05, 4.69) is 5.32 Å². The number of nitrogens with one attached hydrogen (secondary N) is 1. The maximum atomic E-state index is 12.8. The van der Waals surface area contributed by atoms with Crippen molar-refractivity contribution in [3.05, 3.63) is 35.6 Å². The zero-order chi connectivity index (χ0) is 15.0. The molecule has 2 fully saturated rings. The van der Waals surface area contributed by atoms with Crippen molar-refractivity contribution in [2.24, 2.45) is 5.92 Å². The van der Waals surface area contributed by atoms with Gasteiger partial charge in [0.15, 0.2) is 0 Å². The fourth-order valence-electron chi connectivity index (χ4n) is 3.44. The molecule has 2 amide bonds. The molecular formula is C15H17FN2O3. The lowest BCUT2D eigenvalue weighted by Crippen LogP contribution is -2.44. The number of carboxylic acids is 1. The van der Waals surface area contributed by atoms with Gasteiger partial charge in [0.1, 0.15) is 5.82 Å². The minimum Gasteiger partial charge on any atom is -0.481 e. The number of urea groups is 1. The molecule has 1 aromatic rings. The smallest absolute Gasteiger partial charge is 0.318 e. The third-order valence-corrected chi connectivity index (χ3v) is 4.45. The van der Waals surface area contributed by atoms with Crippen LogP contribution in [0.5, 0.6) is 0 Å². The van der Waals surface area contributed by atoms with Crippen molar-refractivity contribution in [1.82, 2.24) is 10.2 Å². The van der Waals surface area contributed by atoms with Crippen molar-refractivity contribution in [3.8, 4) is 0 Å². The lowest BCUT2D eigenvalue weighted by Gasteiger charge is -2.23. The Kier molecular flexibility index (Phi) is 3.53. The molecule has 2 aliphatic heterocycles. The van der Waals surface area contributed by atoms with Gasteiger partial charge in [0.05, 0.1) is 5.92 Å². The number of fused-ring (bicyclic) bond motifs is 2. The highest BCUT2D eigenvalue weighted by molar-refractivity contribution is 5.79. The predicted octanol–water partition coefficient (Wildman–Crippen LogP) is 1.97. The summed E-state index contributed by atoms with van der Waals surface area (Å²) in [4.78, 5) is 25.1. The molecule has 0 saturated carbocycles. The molecule has 3 atom stereocenters. The summed E-state index contributed by atoms with van der Waals surface area (Å²) in [6.45, 7) is 0.312. The molecule has 3 unspecified atom stereocenters. The molecule has 2 N–H and O–H groups in total. The molecule has 2 aliphatic rings. The van der Waals surface area contributed by atoms with Gasteiger partial charge < -0.3 is 15.3 Å². The lowest BCUT2D eigenvalue weighted by molar-refractivity contribution is -0.142. The molecule has 5 nitrogen and oxygen atoms in total. The van der Waals surface area contributed by atoms with E-state index in [-0.39, 0.29) is 23.9 Å². The number of carbonyl (C=O) groups is 2. The number of hydrogen-bond donors (Lipinski definition) is 2. The molecule has 3 rings (SSSR count). The molecule has 2 saturated heterocycles. The van der Waals surface area contributed by atoms with Gasteiger partial charge in [0.25, 0.3) is 0 Å². The van der Waals surface area contributed by atoms with Crippen molar-refractivity contribution in [2.75, 3.05) is 0 Å². The first-order chi connectivity index (χ1) is 10.1. The number of aliphatic carboxylic acids is 1. The zero-order valence-electron chi connectivity index (χ0n) is 11.5. The molecular weight excluding hydrogens is 275 g/mol. The third-order valence-electron chi connectivity index (χ3n) is 4.45. The van der Waals surface area contributed by atoms with E-state index in [0.717, 1.165) is 18.4 Å². The van der Waals surface area contributed by atoms with Crippen molar-refractivity contribution in [2.45, 2.75) is 37.9 Å². The van der Waals surface area contributed by atoms with E-state index in [1.54, 1.807) is 17.0 Å². The van der Waals surface area contributed by atoms with Crippen LogP contribution in [0.2, 0.25) is 0 Å². The number of hydrogen-bond acceptors (Lipinski definition) is 2. The molecule has 6 heteroatoms. The van der Waals surface area contributed by atoms with Gasteiger partial charge in [-0.05, 0) is 37.0 Å². The summed E-state index contributed by atoms with van der Waals surface area (Å²) in [5.74, 6) is -1.58. The highest BCUT2D eigenvalue weighted by Gasteiger charge is 2.51. The van der Waals surface area contributed by atoms with E-state index >= 15 is 0 Å². The number of carbonyl (C=O) groups excluding carboxylic acids is 1. The highest BCUT2D eigenvalue weighted by atomic mass is 19.1. The quantitative estimate of drug-likeness (QED) is 0.895. The van der Waals surface area contributed by atoms with Crippen LogP contribution in [0.4, 0.5) is 9.18 Å². The zero-order valence-corrected chi connectivity index (χ0v) is 11.5. The van der Waals surface area contributed by atoms with Gasteiger partial charge in [0, 0.05) is 18.6 Å². The van der Waals surface area contributed by atoms with Crippen LogP contribution in [0.1, 0.15) is 24.8 Å². The van der Waals surface area contributed by atoms with E-state index in [9.17, 15) is 19.1 Å². The average molecular weight is 292 g/mol. The van der Waals surface area contributed by atoms with Gasteiger partial charge in [-0.15, -0.1) is 0 Å². The van der Waals surface area contributed by atoms with Crippen LogP contribution < -0.4 is 5.32 Å². The number of amides is 2. The summed E-state index contributed by atoms with van der Waals surface area (Å²) < 4.78 is 12.8. The van der Waals surface area contributed by atoms with Gasteiger partial charge in [0.2, 0.25) is 0 Å². The summed E-state index contributed by atoms with van der Waals surface area (Å²) in [6, 6.07) is 5.55. The van der Waals surface area contributed by atoms with Crippen LogP contribution in [-0.4, -0.2) is 34.1 Å². The van der Waals surface area contributed by atoms with Crippen molar-refractivity contribution in [1.29, 1.82) is 0 Å². The Morgan fingerprint density at radius 2 is 2.00 bits per heavy atom. The van der Waals surface area contributed by atoms with Gasteiger partial charge in [-0.2, -0.15) is 0 Å². The standard InChI is InChI=1S/C15H17FN2O3/c16-10-3-1-9(2-4-10)8-17-15(21)18-11-5-6-13(18)12(7-11)14(19)20/h1-4,11-13H,5-8H2,(H,17,21)(H,19,20). The molecule has 0 aromatic heterocycles. The Bertz CT molecular complexity index is 561. The topological polar surface area (TPSA) is 69.6 Å². The minimum absolute atomic E-state index is 0.0318. The summed E-state index contributed by atoms with van der Waals surface area (Å²) in [5, 5.41) is 12.0. The third kappa shape index (κ3) is 2.57. The molecule has 2 heterocycles. The maximum absolute atomic E-state index is 12.8. The maximum Gasteiger partial charge on any atom is 0.318 e. The van der Waals surface area contributed by atoms with E-state index in [4.69, 9.17) is 0 Å². The summed E-state index contributed by atoms with van der Waals surface area (Å²) in [7, 11) is 0. The Morgan fingerprint density at radius 1 is 1.29 bits per heavy atom. The second kappa shape index (κ2) is 5.35. The SMILES string of the molecule is O=C(O)C1CC2CCC1N2C(=O)NCc1ccc(F)cc1. The molecule has 0 spiro atoms. The van der Waals surface area contributed by atoms with Gasteiger partial charge in [-0.3, -0.25) is 4.79 Å². The Labute approximate surface area is 121 Å². The first-order valence-corrected chi connectivity index (χ1v) is 7.09. The van der Waals surface area contributed by atoms with Crippen molar-refractivity contribution in [3.63, 3.8) is 0 Å². The van der Waals surface area contributed by atoms with E-state index in [1.807, 2.05) is 0 Å². The number of rotatable bonds is 3. The number of halogens is 1. The van der Waals surface area contributed by atoms with Crippen LogP contribution in [-0.2, 0) is 11.3 Å². The van der Waals surface area contributed by atoms with Crippen molar-refractivity contribution < 1.29 is 19.1 Å². The van der Waals surface area contributed by atoms with Gasteiger partial charge >= 0.3 is 12.0 Å². The first-order valence-electron chi connectivity index (χ1n) is 7.09. The average Bonchev–Trinajstić information content (AvgIpc) is 3.04. The molecule has 1 aromatic carbocycles. The fraction of sp³-hybridized carbons (Fsp3) is 0.467. The van der Waals surface area contributed by atoms with Crippen molar-refractivity contribution >= 4 is 12.0 Å². The molecule has 0 radical (unpaired) electrons. The summed E-state index contributed by atoms with van der Waals surface area (Å²) >= 11 is 0. The van der Waals surface area contributed by atoms with Crippen LogP contribution in [0.3, 0.4) is 0 Å². The second-order valence-corrected chi connectivity index (χ2v) is 5.67. The Balaban J connectivity index is 1.61. The number of benzene rings is 1. The number of carboxylic acid groups (broad SMARTS) is 1. The van der Waals surface area contributed by atoms with E-state index in [1.165, 1.54) is 12.1 Å². The molecule has 2 bridgehead atoms. The Morgan fingerprint density at radius 3 is 2.62 bits per heavy atom. The fourth-order valence-corrected chi connectivity index (χ4v) is 3.44. The molecule has 0 aliphatic carbocycles. The first kappa shape index (κ1) is 13.9. The van der Waals surface area contributed by atoms with Crippen LogP contribution >= 0.6 is 0 Å². The highest BCUT2D eigenvalue weighted by Crippen LogP contribution is 2.41. The lowest BCUT2D eigenvalue weighted by atomic mass is 9.89. The molecule has 112 valence electrons. The van der Waals surface area contributed by atoms with Crippen LogP contribution in [0.15, 0.2) is 24.3 Å². The van der Waals surface area contributed by atoms with Gasteiger partial charge in [-0.25, -0.2) is 9.18 Å². The normalized spacial score (nSPS) is 26.9. The van der Waals surface area contributed by atoms with E-state index in [0.29, 0.717) is 13.0 Å². The molecule has 21 heavy (non-hydrogen) atoms. The van der Waals surface area contributed by atoms with Crippen LogP contribution in [0.25, 0.3) is 0 Å². The van der Waals surface area contributed by atoms with Crippen LogP contribution in [0, 0.1) is 11.7 Å². The van der Waals surface area contributed by atoms with Gasteiger partial charge in [-0.1, -0.05) is 12.1 Å².